The molecule has 0 aliphatic carbocycles. The van der Waals surface area contributed by atoms with E-state index in [4.69, 9.17) is 4.74 Å². The van der Waals surface area contributed by atoms with Gasteiger partial charge in [0.1, 0.15) is 19.2 Å². The highest BCUT2D eigenvalue weighted by molar-refractivity contribution is 5.72. The first-order valence-corrected chi connectivity index (χ1v) is 5.55. The molecule has 0 aliphatic rings. The van der Waals surface area contributed by atoms with Gasteiger partial charge in [0, 0.05) is 0 Å². The van der Waals surface area contributed by atoms with Gasteiger partial charge in [-0.25, -0.2) is 0 Å². The summed E-state index contributed by atoms with van der Waals surface area (Å²) >= 11 is 0. The van der Waals surface area contributed by atoms with E-state index in [0.717, 1.165) is 5.56 Å². The molecular weight excluding hydrogens is 234 g/mol. The summed E-state index contributed by atoms with van der Waals surface area (Å²) in [6, 6.07) is 9.29. The lowest BCUT2D eigenvalue weighted by molar-refractivity contribution is -0.146. The molecule has 0 amide bonds. The Morgan fingerprint density at radius 2 is 1.72 bits per heavy atom. The van der Waals surface area contributed by atoms with Crippen molar-refractivity contribution in [3.8, 4) is 0 Å². The average molecular weight is 249 g/mol. The quantitative estimate of drug-likeness (QED) is 0.494. The van der Waals surface area contributed by atoms with E-state index in [1.807, 2.05) is 30.3 Å². The van der Waals surface area contributed by atoms with Gasteiger partial charge >= 0.3 is 5.97 Å². The van der Waals surface area contributed by atoms with Gasteiger partial charge in [-0.2, -0.15) is 0 Å². The minimum atomic E-state index is -0.456. The summed E-state index contributed by atoms with van der Waals surface area (Å²) < 4.78 is 5.04. The Bertz CT molecular complexity index is 381. The van der Waals surface area contributed by atoms with Crippen molar-refractivity contribution in [2.45, 2.75) is 6.61 Å². The molecule has 1 rings (SSSR count). The first kappa shape index (κ1) is 14.1. The van der Waals surface area contributed by atoms with Crippen LogP contribution >= 0.6 is 0 Å². The van der Waals surface area contributed by atoms with Gasteiger partial charge in [0.15, 0.2) is 0 Å². The zero-order chi connectivity index (χ0) is 13.2. The maximum absolute atomic E-state index is 11.5. The lowest BCUT2D eigenvalue weighted by Gasteiger charge is -2.15. The summed E-state index contributed by atoms with van der Waals surface area (Å²) in [6.07, 6.45) is 1.29. The number of esters is 1. The Hall–Kier alpha value is -2.01. The van der Waals surface area contributed by atoms with E-state index < -0.39 is 5.97 Å². The second-order valence-corrected chi connectivity index (χ2v) is 3.67. The molecule has 0 saturated heterocycles. The second-order valence-electron chi connectivity index (χ2n) is 3.67. The van der Waals surface area contributed by atoms with Crippen molar-refractivity contribution in [3.63, 3.8) is 0 Å². The molecule has 0 unspecified atom stereocenters. The maximum Gasteiger partial charge on any atom is 0.320 e. The van der Waals surface area contributed by atoms with Gasteiger partial charge in [-0.1, -0.05) is 30.3 Å². The van der Waals surface area contributed by atoms with Crippen LogP contribution in [-0.2, 0) is 25.7 Å². The average Bonchev–Trinajstić information content (AvgIpc) is 2.38. The minimum absolute atomic E-state index is 0.0409. The molecule has 0 bridgehead atoms. The lowest BCUT2D eigenvalue weighted by Crippen LogP contribution is -2.33. The van der Waals surface area contributed by atoms with Crippen LogP contribution in [0.2, 0.25) is 0 Å². The van der Waals surface area contributed by atoms with Gasteiger partial charge in [0.05, 0.1) is 19.6 Å². The smallest absolute Gasteiger partial charge is 0.320 e. The number of hydrogen-bond donors (Lipinski definition) is 0. The third-order valence-electron chi connectivity index (χ3n) is 2.26. The van der Waals surface area contributed by atoms with Crippen molar-refractivity contribution < 1.29 is 19.1 Å². The Morgan fingerprint density at radius 3 is 2.28 bits per heavy atom. The van der Waals surface area contributed by atoms with E-state index in [1.54, 1.807) is 0 Å². The topological polar surface area (TPSA) is 63.7 Å². The number of carbonyl (C=O) groups excluding carboxylic acids is 3. The Kier molecular flexibility index (Phi) is 6.35. The van der Waals surface area contributed by atoms with Gasteiger partial charge in [-0.15, -0.1) is 0 Å². The van der Waals surface area contributed by atoms with Crippen LogP contribution in [0, 0.1) is 0 Å². The number of nitrogens with zero attached hydrogens (tertiary/aromatic N) is 1. The van der Waals surface area contributed by atoms with Crippen molar-refractivity contribution in [3.05, 3.63) is 35.9 Å². The highest BCUT2D eigenvalue weighted by atomic mass is 16.5. The number of carbonyl (C=O) groups is 3. The van der Waals surface area contributed by atoms with Gasteiger partial charge < -0.3 is 14.3 Å². The summed E-state index contributed by atoms with van der Waals surface area (Å²) in [6.45, 7) is 0.207. The van der Waals surface area contributed by atoms with Crippen LogP contribution in [-0.4, -0.2) is 43.1 Å². The molecule has 0 N–H and O–H groups in total. The molecule has 0 radical (unpaired) electrons. The summed E-state index contributed by atoms with van der Waals surface area (Å²) in [5.74, 6) is -0.456. The largest absolute Gasteiger partial charge is 0.460 e. The van der Waals surface area contributed by atoms with Crippen LogP contribution in [0.3, 0.4) is 0 Å². The van der Waals surface area contributed by atoms with Crippen molar-refractivity contribution >= 4 is 18.5 Å². The molecular formula is C13H15NO4. The van der Waals surface area contributed by atoms with Crippen LogP contribution in [0.1, 0.15) is 5.56 Å². The molecule has 1 aromatic rings. The van der Waals surface area contributed by atoms with Crippen LogP contribution in [0.4, 0.5) is 0 Å². The fourth-order valence-electron chi connectivity index (χ4n) is 1.38. The first-order valence-electron chi connectivity index (χ1n) is 5.55. The highest BCUT2D eigenvalue weighted by Crippen LogP contribution is 2.01. The molecule has 5 nitrogen and oxygen atoms in total. The van der Waals surface area contributed by atoms with Crippen molar-refractivity contribution in [1.29, 1.82) is 0 Å². The molecule has 0 atom stereocenters. The monoisotopic (exact) mass is 249 g/mol. The fourth-order valence-corrected chi connectivity index (χ4v) is 1.38. The van der Waals surface area contributed by atoms with Gasteiger partial charge in [0.25, 0.3) is 0 Å². The van der Waals surface area contributed by atoms with Crippen LogP contribution < -0.4 is 0 Å². The Balaban J connectivity index is 2.35. The third-order valence-corrected chi connectivity index (χ3v) is 2.26. The second kappa shape index (κ2) is 8.14. The molecule has 0 saturated carbocycles. The number of ether oxygens (including phenoxy) is 1. The molecule has 0 fully saturated rings. The standard InChI is InChI=1S/C13H15NO4/c15-8-6-14(7-9-16)10-13(17)18-11-12-4-2-1-3-5-12/h1-5,8-9H,6-7,10-11H2. The van der Waals surface area contributed by atoms with E-state index in [2.05, 4.69) is 0 Å². The Morgan fingerprint density at radius 1 is 1.11 bits per heavy atom. The summed E-state index contributed by atoms with van der Waals surface area (Å²) in [4.78, 5) is 33.6. The number of benzene rings is 1. The van der Waals surface area contributed by atoms with Crippen molar-refractivity contribution in [2.75, 3.05) is 19.6 Å². The number of aldehydes is 2. The third kappa shape index (κ3) is 5.36. The minimum Gasteiger partial charge on any atom is -0.460 e. The first-order chi connectivity index (χ1) is 8.76. The summed E-state index contributed by atoms with van der Waals surface area (Å²) in [7, 11) is 0. The van der Waals surface area contributed by atoms with Gasteiger partial charge in [-0.05, 0) is 5.56 Å². The lowest BCUT2D eigenvalue weighted by atomic mass is 10.2. The maximum atomic E-state index is 11.5. The predicted molar refractivity (Wildman–Crippen MR) is 64.8 cm³/mol. The van der Waals surface area contributed by atoms with E-state index in [9.17, 15) is 14.4 Å². The van der Waals surface area contributed by atoms with Gasteiger partial charge in [-0.3, -0.25) is 9.69 Å². The molecule has 5 heteroatoms. The summed E-state index contributed by atoms with van der Waals surface area (Å²) in [5, 5.41) is 0. The summed E-state index contributed by atoms with van der Waals surface area (Å²) in [5.41, 5.74) is 0.892. The number of rotatable bonds is 8. The Labute approximate surface area is 105 Å². The van der Waals surface area contributed by atoms with Crippen LogP contribution in [0.25, 0.3) is 0 Å². The molecule has 0 aliphatic heterocycles. The van der Waals surface area contributed by atoms with E-state index in [-0.39, 0.29) is 26.2 Å². The molecule has 1 aromatic carbocycles. The van der Waals surface area contributed by atoms with Crippen LogP contribution in [0.15, 0.2) is 30.3 Å². The fraction of sp³-hybridized carbons (Fsp3) is 0.308. The molecule has 96 valence electrons. The zero-order valence-electron chi connectivity index (χ0n) is 9.95. The highest BCUT2D eigenvalue weighted by Gasteiger charge is 2.10. The van der Waals surface area contributed by atoms with Crippen LogP contribution in [0.5, 0.6) is 0 Å². The van der Waals surface area contributed by atoms with E-state index in [1.165, 1.54) is 4.90 Å². The van der Waals surface area contributed by atoms with E-state index in [0.29, 0.717) is 12.6 Å². The SMILES string of the molecule is O=CCN(CC=O)CC(=O)OCc1ccccc1. The molecule has 0 spiro atoms. The molecule has 0 heterocycles. The predicted octanol–water partition coefficient (Wildman–Crippen LogP) is 0.430. The van der Waals surface area contributed by atoms with E-state index >= 15 is 0 Å². The van der Waals surface area contributed by atoms with Gasteiger partial charge in [0.2, 0.25) is 0 Å². The zero-order valence-corrected chi connectivity index (χ0v) is 9.95. The number of hydrogen-bond acceptors (Lipinski definition) is 5. The van der Waals surface area contributed by atoms with Crippen molar-refractivity contribution in [1.82, 2.24) is 4.90 Å². The van der Waals surface area contributed by atoms with Crippen molar-refractivity contribution in [2.24, 2.45) is 0 Å². The molecule has 0 aromatic heterocycles. The molecule has 18 heavy (non-hydrogen) atoms. The normalized spacial score (nSPS) is 10.1.